The lowest BCUT2D eigenvalue weighted by Crippen LogP contribution is -2.46. The van der Waals surface area contributed by atoms with Crippen LogP contribution >= 0.6 is 15.9 Å². The van der Waals surface area contributed by atoms with Crippen molar-refractivity contribution in [2.45, 2.75) is 45.2 Å². The number of anilines is 1. The summed E-state index contributed by atoms with van der Waals surface area (Å²) in [6, 6.07) is 4.91. The fraction of sp³-hybridized carbons (Fsp3) is 0.600. The highest BCUT2D eigenvalue weighted by Crippen LogP contribution is 2.18. The Morgan fingerprint density at radius 1 is 1.43 bits per heavy atom. The Balaban J connectivity index is 1.84. The number of nitrogens with one attached hydrogen (secondary N) is 1. The summed E-state index contributed by atoms with van der Waals surface area (Å²) in [7, 11) is 0. The van der Waals surface area contributed by atoms with E-state index in [0.717, 1.165) is 29.2 Å². The summed E-state index contributed by atoms with van der Waals surface area (Å²) in [5.74, 6) is 0.815. The molecule has 1 aliphatic heterocycles. The van der Waals surface area contributed by atoms with Gasteiger partial charge in [-0.1, -0.05) is 6.42 Å². The van der Waals surface area contributed by atoms with Gasteiger partial charge in [-0.3, -0.25) is 0 Å². The first-order valence-corrected chi connectivity index (χ1v) is 8.45. The molecule has 0 aromatic carbocycles. The van der Waals surface area contributed by atoms with Crippen LogP contribution in [0.2, 0.25) is 0 Å². The molecule has 0 saturated carbocycles. The minimum Gasteiger partial charge on any atom is -0.336 e. The van der Waals surface area contributed by atoms with Crippen LogP contribution in [0.4, 0.5) is 5.95 Å². The third-order valence-electron chi connectivity index (χ3n) is 3.99. The van der Waals surface area contributed by atoms with Gasteiger partial charge in [-0.15, -0.1) is 5.10 Å². The zero-order chi connectivity index (χ0) is 14.8. The van der Waals surface area contributed by atoms with E-state index in [4.69, 9.17) is 0 Å². The first-order chi connectivity index (χ1) is 10.1. The molecule has 21 heavy (non-hydrogen) atoms. The number of hydrogen-bond donors (Lipinski definition) is 1. The molecule has 3 heterocycles. The average molecular weight is 352 g/mol. The van der Waals surface area contributed by atoms with Gasteiger partial charge in [0.2, 0.25) is 5.95 Å². The third-order valence-corrected chi connectivity index (χ3v) is 4.46. The fourth-order valence-electron chi connectivity index (χ4n) is 2.81. The van der Waals surface area contributed by atoms with Gasteiger partial charge >= 0.3 is 0 Å². The second kappa shape index (κ2) is 6.32. The SMILES string of the molecule is CC(C)N(CC1CCCCN1)c1nc2ccc(Br)cn2n1. The number of fused-ring (bicyclic) bond motifs is 1. The fourth-order valence-corrected chi connectivity index (χ4v) is 3.13. The van der Waals surface area contributed by atoms with Gasteiger partial charge in [0.15, 0.2) is 5.65 Å². The van der Waals surface area contributed by atoms with Crippen molar-refractivity contribution in [2.24, 2.45) is 0 Å². The van der Waals surface area contributed by atoms with Crippen LogP contribution < -0.4 is 10.2 Å². The largest absolute Gasteiger partial charge is 0.336 e. The first-order valence-electron chi connectivity index (χ1n) is 7.65. The Morgan fingerprint density at radius 3 is 3.00 bits per heavy atom. The van der Waals surface area contributed by atoms with Crippen LogP contribution in [0.5, 0.6) is 0 Å². The van der Waals surface area contributed by atoms with Gasteiger partial charge in [0.25, 0.3) is 0 Å². The van der Waals surface area contributed by atoms with E-state index in [9.17, 15) is 0 Å². The molecule has 2 aromatic heterocycles. The van der Waals surface area contributed by atoms with E-state index in [0.29, 0.717) is 12.1 Å². The summed E-state index contributed by atoms with van der Waals surface area (Å²) < 4.78 is 2.85. The van der Waals surface area contributed by atoms with E-state index in [1.807, 2.05) is 22.8 Å². The molecular formula is C15H22BrN5. The highest BCUT2D eigenvalue weighted by molar-refractivity contribution is 9.10. The first kappa shape index (κ1) is 14.8. The predicted molar refractivity (Wildman–Crippen MR) is 88.8 cm³/mol. The van der Waals surface area contributed by atoms with Crippen LogP contribution in [0.25, 0.3) is 5.65 Å². The molecule has 1 aliphatic rings. The smallest absolute Gasteiger partial charge is 0.245 e. The molecular weight excluding hydrogens is 330 g/mol. The van der Waals surface area contributed by atoms with Crippen LogP contribution in [0, 0.1) is 0 Å². The summed E-state index contributed by atoms with van der Waals surface area (Å²) in [6.07, 6.45) is 5.79. The Kier molecular flexibility index (Phi) is 4.45. The Hall–Kier alpha value is -1.14. The normalized spacial score (nSPS) is 19.3. The maximum atomic E-state index is 4.67. The van der Waals surface area contributed by atoms with Crippen molar-refractivity contribution in [3.8, 4) is 0 Å². The molecule has 114 valence electrons. The predicted octanol–water partition coefficient (Wildman–Crippen LogP) is 2.85. The summed E-state index contributed by atoms with van der Waals surface area (Å²) >= 11 is 3.48. The molecule has 1 saturated heterocycles. The monoisotopic (exact) mass is 351 g/mol. The van der Waals surface area contributed by atoms with E-state index >= 15 is 0 Å². The van der Waals surface area contributed by atoms with Crippen LogP contribution in [-0.4, -0.2) is 39.8 Å². The van der Waals surface area contributed by atoms with E-state index in [-0.39, 0.29) is 0 Å². The Labute approximate surface area is 133 Å². The second-order valence-corrected chi connectivity index (χ2v) is 6.87. The average Bonchev–Trinajstić information content (AvgIpc) is 2.88. The molecule has 3 rings (SSSR count). The summed E-state index contributed by atoms with van der Waals surface area (Å²) in [4.78, 5) is 6.97. The molecule has 1 N–H and O–H groups in total. The summed E-state index contributed by atoms with van der Waals surface area (Å²) in [5.41, 5.74) is 0.885. The van der Waals surface area contributed by atoms with Crippen LogP contribution in [-0.2, 0) is 0 Å². The number of hydrogen-bond acceptors (Lipinski definition) is 4. The topological polar surface area (TPSA) is 45.5 Å². The van der Waals surface area contributed by atoms with Crippen molar-refractivity contribution in [3.05, 3.63) is 22.8 Å². The van der Waals surface area contributed by atoms with E-state index in [1.165, 1.54) is 19.3 Å². The lowest BCUT2D eigenvalue weighted by atomic mass is 10.0. The van der Waals surface area contributed by atoms with Gasteiger partial charge in [-0.05, 0) is 61.3 Å². The molecule has 0 aliphatic carbocycles. The number of nitrogens with zero attached hydrogens (tertiary/aromatic N) is 4. The zero-order valence-electron chi connectivity index (χ0n) is 12.6. The summed E-state index contributed by atoms with van der Waals surface area (Å²) in [5, 5.41) is 8.24. The molecule has 2 aromatic rings. The molecule has 5 nitrogen and oxygen atoms in total. The van der Waals surface area contributed by atoms with Gasteiger partial charge in [0.05, 0.1) is 0 Å². The highest BCUT2D eigenvalue weighted by Gasteiger charge is 2.21. The van der Waals surface area contributed by atoms with Crippen molar-refractivity contribution in [1.82, 2.24) is 19.9 Å². The minimum atomic E-state index is 0.384. The molecule has 0 amide bonds. The van der Waals surface area contributed by atoms with E-state index in [2.05, 4.69) is 50.1 Å². The quantitative estimate of drug-likeness (QED) is 0.919. The van der Waals surface area contributed by atoms with Gasteiger partial charge in [-0.25, -0.2) is 4.52 Å². The Bertz CT molecular complexity index is 603. The standard InChI is InChI=1S/C15H22BrN5/c1-11(2)20(10-13-5-3-4-8-17-13)15-18-14-7-6-12(16)9-21(14)19-15/h6-7,9,11,13,17H,3-5,8,10H2,1-2H3. The van der Waals surface area contributed by atoms with Crippen LogP contribution in [0.15, 0.2) is 22.8 Å². The Morgan fingerprint density at radius 2 is 2.29 bits per heavy atom. The molecule has 0 radical (unpaired) electrons. The van der Waals surface area contributed by atoms with E-state index in [1.54, 1.807) is 0 Å². The molecule has 1 fully saturated rings. The van der Waals surface area contributed by atoms with Gasteiger partial charge < -0.3 is 10.2 Å². The van der Waals surface area contributed by atoms with Crippen LogP contribution in [0.3, 0.4) is 0 Å². The molecule has 0 spiro atoms. The van der Waals surface area contributed by atoms with Gasteiger partial charge in [0.1, 0.15) is 0 Å². The minimum absolute atomic E-state index is 0.384. The zero-order valence-corrected chi connectivity index (χ0v) is 14.2. The third kappa shape index (κ3) is 3.37. The van der Waals surface area contributed by atoms with Crippen molar-refractivity contribution in [1.29, 1.82) is 0 Å². The lowest BCUT2D eigenvalue weighted by Gasteiger charge is -2.32. The number of halogens is 1. The van der Waals surface area contributed by atoms with Crippen molar-refractivity contribution in [3.63, 3.8) is 0 Å². The molecule has 1 unspecified atom stereocenters. The van der Waals surface area contributed by atoms with Crippen LogP contribution in [0.1, 0.15) is 33.1 Å². The van der Waals surface area contributed by atoms with E-state index < -0.39 is 0 Å². The van der Waals surface area contributed by atoms with Gasteiger partial charge in [0, 0.05) is 29.3 Å². The molecule has 0 bridgehead atoms. The number of rotatable bonds is 4. The maximum Gasteiger partial charge on any atom is 0.245 e. The number of piperidine rings is 1. The maximum absolute atomic E-state index is 4.67. The van der Waals surface area contributed by atoms with Crippen molar-refractivity contribution in [2.75, 3.05) is 18.0 Å². The number of pyridine rings is 1. The van der Waals surface area contributed by atoms with Crippen molar-refractivity contribution >= 4 is 27.5 Å². The lowest BCUT2D eigenvalue weighted by molar-refractivity contribution is 0.392. The highest BCUT2D eigenvalue weighted by atomic mass is 79.9. The van der Waals surface area contributed by atoms with Gasteiger partial charge in [-0.2, -0.15) is 4.98 Å². The summed E-state index contributed by atoms with van der Waals surface area (Å²) in [6.45, 7) is 6.49. The number of aromatic nitrogens is 3. The second-order valence-electron chi connectivity index (χ2n) is 5.95. The molecule has 6 heteroatoms. The van der Waals surface area contributed by atoms with Crippen molar-refractivity contribution < 1.29 is 0 Å². The molecule has 1 atom stereocenters.